The van der Waals surface area contributed by atoms with E-state index in [4.69, 9.17) is 4.74 Å². The number of aliphatic hydroxyl groups is 1. The van der Waals surface area contributed by atoms with Crippen LogP contribution in [0.2, 0.25) is 0 Å². The largest absolute Gasteiger partial charge is 0.377 e. The van der Waals surface area contributed by atoms with E-state index in [9.17, 15) is 5.11 Å². The topological polar surface area (TPSA) is 32.7 Å². The molecule has 0 saturated heterocycles. The van der Waals surface area contributed by atoms with Gasteiger partial charge in [-0.2, -0.15) is 0 Å². The Labute approximate surface area is 61.9 Å². The van der Waals surface area contributed by atoms with Gasteiger partial charge in [0.2, 0.25) is 0 Å². The van der Waals surface area contributed by atoms with E-state index in [2.05, 4.69) is 6.58 Å². The molecule has 3 nitrogen and oxygen atoms in total. The first-order chi connectivity index (χ1) is 4.72. The van der Waals surface area contributed by atoms with Crippen molar-refractivity contribution in [3.05, 3.63) is 12.8 Å². The van der Waals surface area contributed by atoms with Crippen LogP contribution in [-0.4, -0.2) is 36.5 Å². The van der Waals surface area contributed by atoms with Crippen LogP contribution in [-0.2, 0) is 4.74 Å². The van der Waals surface area contributed by atoms with Gasteiger partial charge in [0.05, 0.1) is 6.61 Å². The van der Waals surface area contributed by atoms with Crippen molar-refractivity contribution < 1.29 is 9.84 Å². The fraction of sp³-hybridized carbons (Fsp3) is 0.714. The molecule has 1 unspecified atom stereocenters. The summed E-state index contributed by atoms with van der Waals surface area (Å²) in [6.45, 7) is 6.35. The van der Waals surface area contributed by atoms with Crippen molar-refractivity contribution in [2.75, 3.05) is 20.3 Å². The normalized spacial score (nSPS) is 12.7. The first kappa shape index (κ1) is 9.46. The summed E-state index contributed by atoms with van der Waals surface area (Å²) in [7, 11) is 1.75. The molecule has 3 heteroatoms. The molecule has 0 spiro atoms. The molecule has 0 aromatic rings. The molecular formula is C7H15NO2. The standard InChI is InChI=1S/C7H15NO2/c1-4-8(3)7(9)6-10-5-2/h4,7,9H,1,5-6H2,2-3H3. The van der Waals surface area contributed by atoms with E-state index in [1.165, 1.54) is 0 Å². The summed E-state index contributed by atoms with van der Waals surface area (Å²) in [5.74, 6) is 0. The summed E-state index contributed by atoms with van der Waals surface area (Å²) < 4.78 is 4.98. The Kier molecular flexibility index (Phi) is 4.98. The maximum Gasteiger partial charge on any atom is 0.149 e. The van der Waals surface area contributed by atoms with Crippen molar-refractivity contribution in [1.29, 1.82) is 0 Å². The lowest BCUT2D eigenvalue weighted by Gasteiger charge is -2.20. The predicted molar refractivity (Wildman–Crippen MR) is 40.5 cm³/mol. The Morgan fingerprint density at radius 1 is 1.80 bits per heavy atom. The summed E-state index contributed by atoms with van der Waals surface area (Å²) >= 11 is 0. The van der Waals surface area contributed by atoms with Crippen molar-refractivity contribution in [3.8, 4) is 0 Å². The molecule has 1 N–H and O–H groups in total. The molecule has 0 radical (unpaired) electrons. The molecule has 0 heterocycles. The highest BCUT2D eigenvalue weighted by atomic mass is 16.5. The van der Waals surface area contributed by atoms with Gasteiger partial charge >= 0.3 is 0 Å². The molecule has 0 aromatic carbocycles. The Bertz CT molecular complexity index is 95.6. The average molecular weight is 145 g/mol. The minimum absolute atomic E-state index is 0.332. The van der Waals surface area contributed by atoms with Gasteiger partial charge in [0, 0.05) is 13.7 Å². The van der Waals surface area contributed by atoms with Crippen molar-refractivity contribution in [3.63, 3.8) is 0 Å². The fourth-order valence-corrected chi connectivity index (χ4v) is 0.463. The van der Waals surface area contributed by atoms with Gasteiger partial charge in [-0.1, -0.05) is 6.58 Å². The molecule has 1 atom stereocenters. The Morgan fingerprint density at radius 2 is 2.40 bits per heavy atom. The van der Waals surface area contributed by atoms with Crippen LogP contribution in [0.1, 0.15) is 6.92 Å². The number of nitrogens with zero attached hydrogens (tertiary/aromatic N) is 1. The van der Waals surface area contributed by atoms with Crippen molar-refractivity contribution in [2.24, 2.45) is 0 Å². The van der Waals surface area contributed by atoms with Crippen LogP contribution in [0.25, 0.3) is 0 Å². The van der Waals surface area contributed by atoms with E-state index in [-0.39, 0.29) is 0 Å². The number of hydrogen-bond acceptors (Lipinski definition) is 3. The number of likely N-dealkylation sites (N-methyl/N-ethyl adjacent to an activating group) is 1. The highest BCUT2D eigenvalue weighted by Gasteiger charge is 2.04. The van der Waals surface area contributed by atoms with Gasteiger partial charge in [0.15, 0.2) is 0 Å². The van der Waals surface area contributed by atoms with E-state index in [1.54, 1.807) is 18.1 Å². The molecule has 0 aromatic heterocycles. The highest BCUT2D eigenvalue weighted by Crippen LogP contribution is 1.92. The zero-order valence-electron chi connectivity index (χ0n) is 6.58. The van der Waals surface area contributed by atoms with Gasteiger partial charge in [0.1, 0.15) is 6.23 Å². The second kappa shape index (κ2) is 5.26. The Hall–Kier alpha value is -0.540. The molecule has 0 aliphatic heterocycles. The van der Waals surface area contributed by atoms with Crippen molar-refractivity contribution in [1.82, 2.24) is 4.90 Å². The maximum absolute atomic E-state index is 9.18. The van der Waals surface area contributed by atoms with Crippen LogP contribution in [0.15, 0.2) is 12.8 Å². The maximum atomic E-state index is 9.18. The smallest absolute Gasteiger partial charge is 0.149 e. The third-order valence-corrected chi connectivity index (χ3v) is 1.23. The molecule has 0 saturated carbocycles. The lowest BCUT2D eigenvalue weighted by atomic mass is 10.5. The van der Waals surface area contributed by atoms with Gasteiger partial charge in [-0.3, -0.25) is 0 Å². The van der Waals surface area contributed by atoms with Crippen LogP contribution >= 0.6 is 0 Å². The van der Waals surface area contributed by atoms with E-state index in [0.717, 1.165) is 0 Å². The third-order valence-electron chi connectivity index (χ3n) is 1.23. The SMILES string of the molecule is C=CN(C)C(O)COCC. The minimum Gasteiger partial charge on any atom is -0.377 e. The second-order valence-electron chi connectivity index (χ2n) is 1.99. The van der Waals surface area contributed by atoms with Gasteiger partial charge in [-0.05, 0) is 13.1 Å². The first-order valence-corrected chi connectivity index (χ1v) is 3.32. The molecule has 0 amide bonds. The number of ether oxygens (including phenoxy) is 1. The Balaban J connectivity index is 3.40. The third kappa shape index (κ3) is 3.48. The van der Waals surface area contributed by atoms with E-state index in [0.29, 0.717) is 13.2 Å². The molecular weight excluding hydrogens is 130 g/mol. The number of aliphatic hydroxyl groups excluding tert-OH is 1. The van der Waals surface area contributed by atoms with Gasteiger partial charge in [0.25, 0.3) is 0 Å². The average Bonchev–Trinajstić information content (AvgIpc) is 1.98. The molecule has 0 fully saturated rings. The molecule has 0 bridgehead atoms. The summed E-state index contributed by atoms with van der Waals surface area (Å²) in [6.07, 6.45) is 0.987. The van der Waals surface area contributed by atoms with Gasteiger partial charge in [-0.15, -0.1) is 0 Å². The summed E-state index contributed by atoms with van der Waals surface area (Å²) in [5.41, 5.74) is 0. The minimum atomic E-state index is -0.572. The zero-order valence-corrected chi connectivity index (χ0v) is 6.58. The predicted octanol–water partition coefficient (Wildman–Crippen LogP) is 0.417. The molecule has 60 valence electrons. The van der Waals surface area contributed by atoms with E-state index < -0.39 is 6.23 Å². The van der Waals surface area contributed by atoms with E-state index in [1.807, 2.05) is 6.92 Å². The van der Waals surface area contributed by atoms with Crippen LogP contribution in [0.4, 0.5) is 0 Å². The quantitative estimate of drug-likeness (QED) is 0.569. The molecule has 0 aliphatic carbocycles. The number of hydrogen-bond donors (Lipinski definition) is 1. The molecule has 0 rings (SSSR count). The fourth-order valence-electron chi connectivity index (χ4n) is 0.463. The van der Waals surface area contributed by atoms with Crippen LogP contribution in [0.3, 0.4) is 0 Å². The summed E-state index contributed by atoms with van der Waals surface area (Å²) in [5, 5.41) is 9.18. The summed E-state index contributed by atoms with van der Waals surface area (Å²) in [6, 6.07) is 0. The molecule has 10 heavy (non-hydrogen) atoms. The van der Waals surface area contributed by atoms with E-state index >= 15 is 0 Å². The van der Waals surface area contributed by atoms with Crippen molar-refractivity contribution in [2.45, 2.75) is 13.2 Å². The monoisotopic (exact) mass is 145 g/mol. The number of rotatable bonds is 5. The van der Waals surface area contributed by atoms with Gasteiger partial charge in [-0.25, -0.2) is 0 Å². The zero-order chi connectivity index (χ0) is 7.98. The Morgan fingerprint density at radius 3 is 2.80 bits per heavy atom. The van der Waals surface area contributed by atoms with Crippen LogP contribution in [0.5, 0.6) is 0 Å². The van der Waals surface area contributed by atoms with Crippen LogP contribution < -0.4 is 0 Å². The van der Waals surface area contributed by atoms with Crippen molar-refractivity contribution >= 4 is 0 Å². The highest BCUT2D eigenvalue weighted by molar-refractivity contribution is 4.68. The lowest BCUT2D eigenvalue weighted by molar-refractivity contribution is -0.0244. The van der Waals surface area contributed by atoms with Crippen LogP contribution in [0, 0.1) is 0 Å². The summed E-state index contributed by atoms with van der Waals surface area (Å²) in [4.78, 5) is 1.59. The van der Waals surface area contributed by atoms with Gasteiger partial charge < -0.3 is 14.7 Å². The second-order valence-corrected chi connectivity index (χ2v) is 1.99. The lowest BCUT2D eigenvalue weighted by Crippen LogP contribution is -2.30. The molecule has 0 aliphatic rings. The first-order valence-electron chi connectivity index (χ1n) is 3.32.